The zero-order valence-electron chi connectivity index (χ0n) is 8.84. The number of rotatable bonds is 2. The number of urea groups is 1. The van der Waals surface area contributed by atoms with Crippen molar-refractivity contribution < 1.29 is 9.59 Å². The first-order chi connectivity index (χ1) is 8.25. The van der Waals surface area contributed by atoms with Gasteiger partial charge in [-0.05, 0) is 23.6 Å². The minimum absolute atomic E-state index is 0.418. The van der Waals surface area contributed by atoms with E-state index in [2.05, 4.69) is 10.6 Å². The molecule has 4 nitrogen and oxygen atoms in total. The van der Waals surface area contributed by atoms with E-state index in [1.807, 2.05) is 11.4 Å². The van der Waals surface area contributed by atoms with E-state index in [1.54, 1.807) is 35.7 Å². The molecule has 86 valence electrons. The van der Waals surface area contributed by atoms with Gasteiger partial charge in [0.2, 0.25) is 0 Å². The summed E-state index contributed by atoms with van der Waals surface area (Å²) in [5.74, 6) is -0.418. The maximum absolute atomic E-state index is 11.6. The van der Waals surface area contributed by atoms with E-state index < -0.39 is 11.9 Å². The van der Waals surface area contributed by atoms with Gasteiger partial charge in [0.1, 0.15) is 0 Å². The molecule has 0 aliphatic carbocycles. The van der Waals surface area contributed by atoms with Crippen LogP contribution in [-0.2, 0) is 0 Å². The van der Waals surface area contributed by atoms with E-state index in [0.29, 0.717) is 11.3 Å². The summed E-state index contributed by atoms with van der Waals surface area (Å²) in [7, 11) is 0. The second-order valence-electron chi connectivity index (χ2n) is 3.29. The first kappa shape index (κ1) is 11.3. The summed E-state index contributed by atoms with van der Waals surface area (Å²) in [6, 6.07) is 9.81. The molecular formula is C12H10N2O2S. The number of thiophene rings is 1. The minimum atomic E-state index is -0.530. The Labute approximate surface area is 102 Å². The molecule has 1 aromatic heterocycles. The van der Waals surface area contributed by atoms with Crippen molar-refractivity contribution >= 4 is 29.0 Å². The molecule has 1 aromatic carbocycles. The van der Waals surface area contributed by atoms with Crippen LogP contribution in [0.4, 0.5) is 10.5 Å². The smallest absolute Gasteiger partial charge is 0.307 e. The van der Waals surface area contributed by atoms with Crippen LogP contribution in [0.25, 0.3) is 0 Å². The highest BCUT2D eigenvalue weighted by atomic mass is 32.1. The Hall–Kier alpha value is -2.14. The SMILES string of the molecule is O=C(NC(=O)c1ccccc1)Nc1ccsc1. The Morgan fingerprint density at radius 3 is 2.47 bits per heavy atom. The molecule has 0 atom stereocenters. The Bertz CT molecular complexity index is 509. The van der Waals surface area contributed by atoms with Crippen molar-refractivity contribution in [1.82, 2.24) is 5.32 Å². The molecule has 3 amide bonds. The topological polar surface area (TPSA) is 58.2 Å². The van der Waals surface area contributed by atoms with Crippen LogP contribution < -0.4 is 10.6 Å². The summed E-state index contributed by atoms with van der Waals surface area (Å²) in [6.45, 7) is 0. The van der Waals surface area contributed by atoms with Gasteiger partial charge in [-0.2, -0.15) is 11.3 Å². The molecule has 0 fully saturated rings. The van der Waals surface area contributed by atoms with Crippen LogP contribution in [0.1, 0.15) is 10.4 Å². The van der Waals surface area contributed by atoms with Crippen LogP contribution >= 0.6 is 11.3 Å². The van der Waals surface area contributed by atoms with Gasteiger partial charge in [0, 0.05) is 10.9 Å². The van der Waals surface area contributed by atoms with Gasteiger partial charge >= 0.3 is 6.03 Å². The monoisotopic (exact) mass is 246 g/mol. The summed E-state index contributed by atoms with van der Waals surface area (Å²) in [5.41, 5.74) is 1.13. The minimum Gasteiger partial charge on any atom is -0.307 e. The number of carbonyl (C=O) groups is 2. The predicted octanol–water partition coefficient (Wildman–Crippen LogP) is 2.71. The molecule has 17 heavy (non-hydrogen) atoms. The number of nitrogens with one attached hydrogen (secondary N) is 2. The number of hydrogen-bond acceptors (Lipinski definition) is 3. The molecule has 2 rings (SSSR count). The van der Waals surface area contributed by atoms with Gasteiger partial charge in [-0.25, -0.2) is 4.79 Å². The number of amides is 3. The third kappa shape index (κ3) is 3.15. The third-order valence-electron chi connectivity index (χ3n) is 2.04. The Balaban J connectivity index is 1.93. The van der Waals surface area contributed by atoms with Crippen LogP contribution in [0.2, 0.25) is 0 Å². The standard InChI is InChI=1S/C12H10N2O2S/c15-11(9-4-2-1-3-5-9)14-12(16)13-10-6-7-17-8-10/h1-8H,(H2,13,14,15,16). The molecule has 0 unspecified atom stereocenters. The predicted molar refractivity (Wildman–Crippen MR) is 67.2 cm³/mol. The molecule has 0 spiro atoms. The quantitative estimate of drug-likeness (QED) is 0.856. The van der Waals surface area contributed by atoms with E-state index in [9.17, 15) is 9.59 Å². The molecular weight excluding hydrogens is 236 g/mol. The van der Waals surface area contributed by atoms with Gasteiger partial charge in [-0.15, -0.1) is 0 Å². The van der Waals surface area contributed by atoms with E-state index >= 15 is 0 Å². The lowest BCUT2D eigenvalue weighted by molar-refractivity contribution is 0.0967. The summed E-state index contributed by atoms with van der Waals surface area (Å²) >= 11 is 1.47. The zero-order valence-corrected chi connectivity index (χ0v) is 9.66. The highest BCUT2D eigenvalue weighted by molar-refractivity contribution is 7.08. The fourth-order valence-corrected chi connectivity index (χ4v) is 1.85. The maximum Gasteiger partial charge on any atom is 0.326 e. The molecule has 2 N–H and O–H groups in total. The third-order valence-corrected chi connectivity index (χ3v) is 2.73. The summed E-state index contributed by atoms with van der Waals surface area (Å²) in [6.07, 6.45) is 0. The van der Waals surface area contributed by atoms with E-state index in [4.69, 9.17) is 0 Å². The maximum atomic E-state index is 11.6. The van der Waals surface area contributed by atoms with E-state index in [0.717, 1.165) is 0 Å². The average molecular weight is 246 g/mol. The number of hydrogen-bond donors (Lipinski definition) is 2. The average Bonchev–Trinajstić information content (AvgIpc) is 2.82. The Morgan fingerprint density at radius 2 is 1.82 bits per heavy atom. The van der Waals surface area contributed by atoms with Crippen LogP contribution in [0.15, 0.2) is 47.2 Å². The highest BCUT2D eigenvalue weighted by Crippen LogP contribution is 2.11. The number of carbonyl (C=O) groups excluding carboxylic acids is 2. The van der Waals surface area contributed by atoms with Crippen LogP contribution in [0, 0.1) is 0 Å². The largest absolute Gasteiger partial charge is 0.326 e. The van der Waals surface area contributed by atoms with Gasteiger partial charge in [0.15, 0.2) is 0 Å². The Morgan fingerprint density at radius 1 is 1.06 bits per heavy atom. The van der Waals surface area contributed by atoms with Crippen molar-refractivity contribution in [3.05, 3.63) is 52.7 Å². The molecule has 0 saturated heterocycles. The zero-order chi connectivity index (χ0) is 12.1. The molecule has 0 bridgehead atoms. The second-order valence-corrected chi connectivity index (χ2v) is 4.07. The number of anilines is 1. The van der Waals surface area contributed by atoms with Gasteiger partial charge in [0.25, 0.3) is 5.91 Å². The number of imide groups is 1. The number of benzene rings is 1. The molecule has 2 aromatic rings. The van der Waals surface area contributed by atoms with Gasteiger partial charge in [0.05, 0.1) is 5.69 Å². The van der Waals surface area contributed by atoms with Gasteiger partial charge in [-0.1, -0.05) is 18.2 Å². The lowest BCUT2D eigenvalue weighted by atomic mass is 10.2. The van der Waals surface area contributed by atoms with E-state index in [1.165, 1.54) is 11.3 Å². The summed E-state index contributed by atoms with van der Waals surface area (Å²) < 4.78 is 0. The fraction of sp³-hybridized carbons (Fsp3) is 0. The second kappa shape index (κ2) is 5.27. The molecule has 0 aliphatic heterocycles. The Kier molecular flexibility index (Phi) is 3.52. The van der Waals surface area contributed by atoms with E-state index in [-0.39, 0.29) is 0 Å². The molecule has 0 aliphatic rings. The van der Waals surface area contributed by atoms with Crippen molar-refractivity contribution in [1.29, 1.82) is 0 Å². The lowest BCUT2D eigenvalue weighted by Gasteiger charge is -2.04. The van der Waals surface area contributed by atoms with Crippen LogP contribution in [-0.4, -0.2) is 11.9 Å². The molecule has 0 saturated carbocycles. The normalized spacial score (nSPS) is 9.65. The summed E-state index contributed by atoms with van der Waals surface area (Å²) in [4.78, 5) is 23.1. The van der Waals surface area contributed by atoms with Crippen molar-refractivity contribution in [3.63, 3.8) is 0 Å². The van der Waals surface area contributed by atoms with Crippen molar-refractivity contribution in [2.45, 2.75) is 0 Å². The molecule has 0 radical (unpaired) electrons. The van der Waals surface area contributed by atoms with Gasteiger partial charge in [-0.3, -0.25) is 10.1 Å². The molecule has 1 heterocycles. The van der Waals surface area contributed by atoms with Crippen molar-refractivity contribution in [2.75, 3.05) is 5.32 Å². The van der Waals surface area contributed by atoms with Crippen molar-refractivity contribution in [3.8, 4) is 0 Å². The van der Waals surface area contributed by atoms with Crippen LogP contribution in [0.3, 0.4) is 0 Å². The first-order valence-corrected chi connectivity index (χ1v) is 5.89. The highest BCUT2D eigenvalue weighted by Gasteiger charge is 2.09. The first-order valence-electron chi connectivity index (χ1n) is 4.95. The molecule has 5 heteroatoms. The van der Waals surface area contributed by atoms with Crippen LogP contribution in [0.5, 0.6) is 0 Å². The lowest BCUT2D eigenvalue weighted by Crippen LogP contribution is -2.34. The fourth-order valence-electron chi connectivity index (χ4n) is 1.26. The van der Waals surface area contributed by atoms with Gasteiger partial charge < -0.3 is 5.32 Å². The van der Waals surface area contributed by atoms with Crippen molar-refractivity contribution in [2.24, 2.45) is 0 Å². The summed E-state index contributed by atoms with van der Waals surface area (Å²) in [5, 5.41) is 8.44.